The Bertz CT molecular complexity index is 886. The van der Waals surface area contributed by atoms with Crippen LogP contribution in [0.15, 0.2) is 53.4 Å². The molecule has 2 aromatic carbocycles. The summed E-state index contributed by atoms with van der Waals surface area (Å²) in [6.45, 7) is -0.314. The zero-order valence-corrected chi connectivity index (χ0v) is 15.2. The van der Waals surface area contributed by atoms with Gasteiger partial charge in [0.15, 0.2) is 18.1 Å². The Labute approximate surface area is 163 Å². The van der Waals surface area contributed by atoms with E-state index in [-0.39, 0.29) is 6.79 Å². The second-order valence-corrected chi connectivity index (χ2v) is 6.57. The summed E-state index contributed by atoms with van der Waals surface area (Å²) in [4.78, 5) is 23.9. The number of halogens is 2. The van der Waals surface area contributed by atoms with Crippen molar-refractivity contribution in [3.63, 3.8) is 0 Å². The number of carbonyl (C=O) groups excluding carboxylic acids is 2. The zero-order valence-electron chi connectivity index (χ0n) is 14.4. The SMILES string of the molecule is O=C(COC(=O)/C=C/c1ccc2c(c1)OCO2)Nc1ccc(SC(F)F)cc1. The smallest absolute Gasteiger partial charge is 0.331 e. The van der Waals surface area contributed by atoms with Gasteiger partial charge in [0.25, 0.3) is 11.7 Å². The van der Waals surface area contributed by atoms with E-state index >= 15 is 0 Å². The monoisotopic (exact) mass is 407 g/mol. The van der Waals surface area contributed by atoms with Gasteiger partial charge in [-0.2, -0.15) is 8.78 Å². The summed E-state index contributed by atoms with van der Waals surface area (Å²) in [5, 5.41) is 2.51. The molecule has 9 heteroatoms. The summed E-state index contributed by atoms with van der Waals surface area (Å²) < 4.78 is 39.8. The number of benzene rings is 2. The van der Waals surface area contributed by atoms with Crippen LogP contribution >= 0.6 is 11.8 Å². The highest BCUT2D eigenvalue weighted by Crippen LogP contribution is 2.32. The first-order chi connectivity index (χ1) is 13.5. The van der Waals surface area contributed by atoms with Crippen LogP contribution in [0.3, 0.4) is 0 Å². The minimum Gasteiger partial charge on any atom is -0.454 e. The van der Waals surface area contributed by atoms with Crippen molar-refractivity contribution < 1.29 is 32.6 Å². The van der Waals surface area contributed by atoms with Crippen molar-refractivity contribution in [3.8, 4) is 11.5 Å². The number of fused-ring (bicyclic) bond motifs is 1. The van der Waals surface area contributed by atoms with Crippen molar-refractivity contribution >= 4 is 35.4 Å². The second-order valence-electron chi connectivity index (χ2n) is 5.50. The minimum atomic E-state index is -2.51. The van der Waals surface area contributed by atoms with E-state index in [1.54, 1.807) is 18.2 Å². The van der Waals surface area contributed by atoms with E-state index in [2.05, 4.69) is 5.32 Å². The molecule has 0 atom stereocenters. The van der Waals surface area contributed by atoms with Gasteiger partial charge in [0.2, 0.25) is 6.79 Å². The molecule has 1 N–H and O–H groups in total. The quantitative estimate of drug-likeness (QED) is 0.426. The Kier molecular flexibility index (Phi) is 6.49. The number of amides is 1. The van der Waals surface area contributed by atoms with E-state index in [1.807, 2.05) is 0 Å². The lowest BCUT2D eigenvalue weighted by Gasteiger charge is -2.06. The van der Waals surface area contributed by atoms with Gasteiger partial charge in [0.05, 0.1) is 0 Å². The number of carbonyl (C=O) groups is 2. The summed E-state index contributed by atoms with van der Waals surface area (Å²) in [6.07, 6.45) is 2.72. The van der Waals surface area contributed by atoms with Crippen molar-refractivity contribution in [1.82, 2.24) is 0 Å². The van der Waals surface area contributed by atoms with Crippen molar-refractivity contribution in [2.45, 2.75) is 10.7 Å². The van der Waals surface area contributed by atoms with Gasteiger partial charge < -0.3 is 19.5 Å². The van der Waals surface area contributed by atoms with Crippen LogP contribution in [0.1, 0.15) is 5.56 Å². The number of ether oxygens (including phenoxy) is 3. The highest BCUT2D eigenvalue weighted by atomic mass is 32.2. The molecule has 6 nitrogen and oxygen atoms in total. The van der Waals surface area contributed by atoms with Crippen molar-refractivity contribution in [3.05, 3.63) is 54.1 Å². The average molecular weight is 407 g/mol. The molecule has 0 unspecified atom stereocenters. The largest absolute Gasteiger partial charge is 0.454 e. The fourth-order valence-electron chi connectivity index (χ4n) is 2.28. The highest BCUT2D eigenvalue weighted by molar-refractivity contribution is 7.99. The second kappa shape index (κ2) is 9.23. The molecule has 0 bridgehead atoms. The zero-order chi connectivity index (χ0) is 19.9. The number of nitrogens with one attached hydrogen (secondary N) is 1. The highest BCUT2D eigenvalue weighted by Gasteiger charge is 2.12. The van der Waals surface area contributed by atoms with Crippen molar-refractivity contribution in [2.24, 2.45) is 0 Å². The maximum absolute atomic E-state index is 12.3. The molecule has 0 radical (unpaired) electrons. The van der Waals surface area contributed by atoms with Gasteiger partial charge in [-0.15, -0.1) is 0 Å². The molecule has 1 aliphatic rings. The first kappa shape index (κ1) is 19.7. The van der Waals surface area contributed by atoms with Crippen LogP contribution in [0.4, 0.5) is 14.5 Å². The predicted octanol–water partition coefficient (Wildman–Crippen LogP) is 3.93. The number of alkyl halides is 2. The lowest BCUT2D eigenvalue weighted by Crippen LogP contribution is -2.20. The average Bonchev–Trinajstić information content (AvgIpc) is 3.13. The van der Waals surface area contributed by atoms with Gasteiger partial charge in [0, 0.05) is 16.7 Å². The molecule has 28 heavy (non-hydrogen) atoms. The van der Waals surface area contributed by atoms with Gasteiger partial charge in [-0.1, -0.05) is 17.8 Å². The molecule has 0 saturated carbocycles. The topological polar surface area (TPSA) is 73.9 Å². The maximum atomic E-state index is 12.3. The third-order valence-corrected chi connectivity index (χ3v) is 4.24. The molecule has 0 spiro atoms. The van der Waals surface area contributed by atoms with E-state index in [4.69, 9.17) is 14.2 Å². The Hall–Kier alpha value is -3.07. The number of esters is 1. The number of anilines is 1. The van der Waals surface area contributed by atoms with Crippen LogP contribution in [-0.2, 0) is 14.3 Å². The molecular weight excluding hydrogens is 392 g/mol. The molecule has 1 heterocycles. The molecule has 2 aromatic rings. The number of hydrogen-bond donors (Lipinski definition) is 1. The van der Waals surface area contributed by atoms with Gasteiger partial charge in [-0.25, -0.2) is 4.79 Å². The lowest BCUT2D eigenvalue weighted by atomic mass is 10.2. The van der Waals surface area contributed by atoms with Gasteiger partial charge in [0.1, 0.15) is 0 Å². The van der Waals surface area contributed by atoms with Crippen LogP contribution in [0, 0.1) is 0 Å². The molecule has 1 amide bonds. The van der Waals surface area contributed by atoms with Crippen LogP contribution in [0.2, 0.25) is 0 Å². The summed E-state index contributed by atoms with van der Waals surface area (Å²) in [6, 6.07) is 11.1. The summed E-state index contributed by atoms with van der Waals surface area (Å²) in [5.74, 6) is -2.51. The van der Waals surface area contributed by atoms with Crippen LogP contribution in [0.5, 0.6) is 11.5 Å². The Morgan fingerprint density at radius 2 is 1.89 bits per heavy atom. The van der Waals surface area contributed by atoms with Crippen molar-refractivity contribution in [1.29, 1.82) is 0 Å². The molecule has 0 aromatic heterocycles. The van der Waals surface area contributed by atoms with Crippen LogP contribution < -0.4 is 14.8 Å². The van der Waals surface area contributed by atoms with E-state index in [9.17, 15) is 18.4 Å². The Morgan fingerprint density at radius 3 is 2.64 bits per heavy atom. The summed E-state index contributed by atoms with van der Waals surface area (Å²) >= 11 is 0.412. The lowest BCUT2D eigenvalue weighted by molar-refractivity contribution is -0.142. The third-order valence-electron chi connectivity index (χ3n) is 3.52. The number of hydrogen-bond acceptors (Lipinski definition) is 6. The Balaban J connectivity index is 1.44. The Morgan fingerprint density at radius 1 is 1.14 bits per heavy atom. The molecule has 146 valence electrons. The van der Waals surface area contributed by atoms with E-state index < -0.39 is 24.2 Å². The van der Waals surface area contributed by atoms with Gasteiger partial charge >= 0.3 is 5.97 Å². The first-order valence-corrected chi connectivity index (χ1v) is 8.97. The minimum absolute atomic E-state index is 0.160. The van der Waals surface area contributed by atoms with Crippen molar-refractivity contribution in [2.75, 3.05) is 18.7 Å². The molecule has 0 saturated heterocycles. The van der Waals surface area contributed by atoms with E-state index in [0.29, 0.717) is 39.4 Å². The molecule has 0 fully saturated rings. The number of rotatable bonds is 7. The molecular formula is C19H15F2NO5S. The fraction of sp³-hybridized carbons (Fsp3) is 0.158. The van der Waals surface area contributed by atoms with Gasteiger partial charge in [-0.05, 0) is 48.0 Å². The van der Waals surface area contributed by atoms with E-state index in [0.717, 1.165) is 0 Å². The first-order valence-electron chi connectivity index (χ1n) is 8.09. The molecule has 3 rings (SSSR count). The number of thioether (sulfide) groups is 1. The molecule has 0 aliphatic carbocycles. The normalized spacial score (nSPS) is 12.4. The summed E-state index contributed by atoms with van der Waals surface area (Å²) in [5.41, 5.74) is 1.13. The van der Waals surface area contributed by atoms with Gasteiger partial charge in [-0.3, -0.25) is 4.79 Å². The summed E-state index contributed by atoms with van der Waals surface area (Å²) in [7, 11) is 0. The standard InChI is InChI=1S/C19H15F2NO5S/c20-19(21)28-14-5-3-13(4-6-14)22-17(23)10-25-18(24)8-2-12-1-7-15-16(9-12)27-11-26-15/h1-9,19H,10-11H2,(H,22,23)/b8-2+. The van der Waals surface area contributed by atoms with Crippen LogP contribution in [0.25, 0.3) is 6.08 Å². The fourth-order valence-corrected chi connectivity index (χ4v) is 2.78. The third kappa shape index (κ3) is 5.71. The van der Waals surface area contributed by atoms with E-state index in [1.165, 1.54) is 36.4 Å². The predicted molar refractivity (Wildman–Crippen MR) is 99.5 cm³/mol. The molecule has 1 aliphatic heterocycles. The van der Waals surface area contributed by atoms with Crippen LogP contribution in [-0.4, -0.2) is 31.0 Å². The maximum Gasteiger partial charge on any atom is 0.331 e.